The van der Waals surface area contributed by atoms with Gasteiger partial charge in [-0.3, -0.25) is 9.78 Å². The summed E-state index contributed by atoms with van der Waals surface area (Å²) in [4.78, 5) is 31.3. The van der Waals surface area contributed by atoms with Crippen LogP contribution in [0.25, 0.3) is 0 Å². The third kappa shape index (κ3) is 8.36. The number of ether oxygens (including phenoxy) is 2. The molecule has 0 unspecified atom stereocenters. The number of aromatic nitrogens is 1. The molecule has 10 heteroatoms. The number of likely N-dealkylation sites (tertiary alicyclic amines) is 1. The molecule has 0 saturated carbocycles. The van der Waals surface area contributed by atoms with Crippen molar-refractivity contribution in [3.05, 3.63) is 59.9 Å². The molecule has 1 aromatic carbocycles. The number of pyridine rings is 1. The van der Waals surface area contributed by atoms with Crippen LogP contribution in [0.4, 0.5) is 18.4 Å². The Morgan fingerprint density at radius 1 is 1.17 bits per heavy atom. The summed E-state index contributed by atoms with van der Waals surface area (Å²) in [5.41, 5.74) is 0.993. The molecule has 1 fully saturated rings. The standard InChI is InChI=1S/C26H33F2N3O4S/c1-25(2,3)35-23(32)30-26(4,16-18-10-12-20(13-11-18)34-22(27)28)36-24(33)31-15-6-5-9-21(31)19-8-7-14-29-17-19/h7-8,10-14,17,21-22H,5-6,9,15-16H2,1-4H3,(H,30,32)/t21-,26+/m1/s1. The van der Waals surface area contributed by atoms with Crippen LogP contribution in [0.3, 0.4) is 0 Å². The van der Waals surface area contributed by atoms with Gasteiger partial charge in [0.15, 0.2) is 0 Å². The molecule has 1 aliphatic heterocycles. The fourth-order valence-corrected chi connectivity index (χ4v) is 5.22. The number of carbonyl (C=O) groups is 2. The second kappa shape index (κ2) is 11.9. The summed E-state index contributed by atoms with van der Waals surface area (Å²) < 4.78 is 34.9. The minimum atomic E-state index is -2.92. The van der Waals surface area contributed by atoms with Gasteiger partial charge in [-0.15, -0.1) is 0 Å². The molecule has 196 valence electrons. The van der Waals surface area contributed by atoms with Gasteiger partial charge < -0.3 is 19.7 Å². The summed E-state index contributed by atoms with van der Waals surface area (Å²) in [5, 5.41) is 2.69. The summed E-state index contributed by atoms with van der Waals surface area (Å²) >= 11 is 1.02. The summed E-state index contributed by atoms with van der Waals surface area (Å²) in [6.07, 6.45) is 5.82. The Hall–Kier alpha value is -2.88. The highest BCUT2D eigenvalue weighted by molar-refractivity contribution is 8.14. The SMILES string of the molecule is CC(C)(C)OC(=O)N[C@](C)(Cc1ccc(OC(F)F)cc1)SC(=O)N1CCCC[C@@H]1c1cccnc1. The number of alkyl halides is 2. The summed E-state index contributed by atoms with van der Waals surface area (Å²) in [6.45, 7) is 4.72. The van der Waals surface area contributed by atoms with Gasteiger partial charge in [-0.25, -0.2) is 4.79 Å². The predicted octanol–water partition coefficient (Wildman–Crippen LogP) is 6.55. The molecule has 2 aromatic rings. The molecule has 0 aliphatic carbocycles. The Kier molecular flexibility index (Phi) is 9.16. The van der Waals surface area contributed by atoms with Gasteiger partial charge in [0.2, 0.25) is 0 Å². The molecule has 2 atom stereocenters. The van der Waals surface area contributed by atoms with Gasteiger partial charge in [-0.05, 0) is 88.0 Å². The summed E-state index contributed by atoms with van der Waals surface area (Å²) in [5.74, 6) is 0.0342. The van der Waals surface area contributed by atoms with Crippen LogP contribution in [0, 0.1) is 0 Å². The molecular formula is C26H33F2N3O4S. The number of hydrogen-bond donors (Lipinski definition) is 1. The van der Waals surface area contributed by atoms with Crippen LogP contribution in [-0.2, 0) is 11.2 Å². The van der Waals surface area contributed by atoms with Gasteiger partial charge in [0, 0.05) is 25.4 Å². The van der Waals surface area contributed by atoms with E-state index in [2.05, 4.69) is 15.0 Å². The quantitative estimate of drug-likeness (QED) is 0.417. The molecule has 2 amide bonds. The molecule has 7 nitrogen and oxygen atoms in total. The Morgan fingerprint density at radius 3 is 2.50 bits per heavy atom. The third-order valence-electron chi connectivity index (χ3n) is 5.57. The van der Waals surface area contributed by atoms with Gasteiger partial charge in [-0.1, -0.05) is 18.2 Å². The van der Waals surface area contributed by atoms with Crippen molar-refractivity contribution in [3.63, 3.8) is 0 Å². The van der Waals surface area contributed by atoms with Crippen molar-refractivity contribution >= 4 is 23.1 Å². The minimum absolute atomic E-state index is 0.0342. The Bertz CT molecular complexity index is 1020. The van der Waals surface area contributed by atoms with Crippen LogP contribution < -0.4 is 10.1 Å². The number of alkyl carbamates (subject to hydrolysis) is 1. The van der Waals surface area contributed by atoms with Crippen LogP contribution in [0.2, 0.25) is 0 Å². The molecule has 3 rings (SSSR count). The highest BCUT2D eigenvalue weighted by atomic mass is 32.2. The van der Waals surface area contributed by atoms with Crippen LogP contribution in [0.1, 0.15) is 64.1 Å². The van der Waals surface area contributed by atoms with E-state index >= 15 is 0 Å². The lowest BCUT2D eigenvalue weighted by Gasteiger charge is -2.38. The summed E-state index contributed by atoms with van der Waals surface area (Å²) in [6, 6.07) is 9.87. The Morgan fingerprint density at radius 2 is 1.89 bits per heavy atom. The first-order valence-corrected chi connectivity index (χ1v) is 12.7. The fourth-order valence-electron chi connectivity index (χ4n) is 4.12. The zero-order valence-electron chi connectivity index (χ0n) is 21.0. The number of nitrogens with one attached hydrogen (secondary N) is 1. The van der Waals surface area contributed by atoms with E-state index in [1.165, 1.54) is 12.1 Å². The van der Waals surface area contributed by atoms with Crippen molar-refractivity contribution in [2.45, 2.75) is 76.5 Å². The number of thioether (sulfide) groups is 1. The second-order valence-electron chi connectivity index (χ2n) is 9.92. The van der Waals surface area contributed by atoms with E-state index in [1.54, 1.807) is 52.2 Å². The van der Waals surface area contributed by atoms with Crippen molar-refractivity contribution in [1.82, 2.24) is 15.2 Å². The number of benzene rings is 1. The van der Waals surface area contributed by atoms with Crippen molar-refractivity contribution in [2.24, 2.45) is 0 Å². The zero-order chi connectivity index (χ0) is 26.3. The van der Waals surface area contributed by atoms with Gasteiger partial charge >= 0.3 is 12.7 Å². The van der Waals surface area contributed by atoms with E-state index in [0.29, 0.717) is 6.54 Å². The Labute approximate surface area is 214 Å². The molecule has 36 heavy (non-hydrogen) atoms. The molecule has 1 N–H and O–H groups in total. The van der Waals surface area contributed by atoms with Gasteiger partial charge in [0.1, 0.15) is 11.4 Å². The number of rotatable bonds is 7. The number of nitrogens with zero attached hydrogens (tertiary/aromatic N) is 2. The largest absolute Gasteiger partial charge is 0.444 e. The van der Waals surface area contributed by atoms with Gasteiger partial charge in [-0.2, -0.15) is 8.78 Å². The smallest absolute Gasteiger partial charge is 0.408 e. The lowest BCUT2D eigenvalue weighted by Crippen LogP contribution is -2.49. The van der Waals surface area contributed by atoms with Crippen LogP contribution in [-0.4, -0.2) is 44.8 Å². The van der Waals surface area contributed by atoms with E-state index in [0.717, 1.165) is 42.2 Å². The third-order valence-corrected chi connectivity index (χ3v) is 6.68. The zero-order valence-corrected chi connectivity index (χ0v) is 21.8. The summed E-state index contributed by atoms with van der Waals surface area (Å²) in [7, 11) is 0. The molecular weight excluding hydrogens is 488 g/mol. The average molecular weight is 522 g/mol. The minimum Gasteiger partial charge on any atom is -0.444 e. The molecule has 1 aliphatic rings. The van der Waals surface area contributed by atoms with E-state index in [9.17, 15) is 18.4 Å². The fraction of sp³-hybridized carbons (Fsp3) is 0.500. The van der Waals surface area contributed by atoms with Crippen LogP contribution in [0.15, 0.2) is 48.8 Å². The van der Waals surface area contributed by atoms with Gasteiger partial charge in [0.25, 0.3) is 5.24 Å². The van der Waals surface area contributed by atoms with E-state index < -0.39 is 23.2 Å². The maximum Gasteiger partial charge on any atom is 0.408 e. The maximum absolute atomic E-state index is 13.6. The lowest BCUT2D eigenvalue weighted by atomic mass is 9.97. The molecule has 0 spiro atoms. The van der Waals surface area contributed by atoms with Crippen molar-refractivity contribution in [3.8, 4) is 5.75 Å². The molecule has 2 heterocycles. The monoisotopic (exact) mass is 521 g/mol. The first kappa shape index (κ1) is 27.7. The number of halogens is 2. The molecule has 1 aromatic heterocycles. The highest BCUT2D eigenvalue weighted by Crippen LogP contribution is 2.37. The topological polar surface area (TPSA) is 80.8 Å². The van der Waals surface area contributed by atoms with E-state index in [-0.39, 0.29) is 23.5 Å². The van der Waals surface area contributed by atoms with Crippen molar-refractivity contribution in [2.75, 3.05) is 6.54 Å². The maximum atomic E-state index is 13.6. The normalized spacial score (nSPS) is 17.9. The Balaban J connectivity index is 1.81. The first-order chi connectivity index (χ1) is 16.9. The van der Waals surface area contributed by atoms with E-state index in [4.69, 9.17) is 4.74 Å². The molecule has 1 saturated heterocycles. The van der Waals surface area contributed by atoms with Crippen molar-refractivity contribution in [1.29, 1.82) is 0 Å². The second-order valence-corrected chi connectivity index (χ2v) is 11.4. The number of piperidine rings is 1. The number of hydrogen-bond acceptors (Lipinski definition) is 6. The number of amides is 2. The lowest BCUT2D eigenvalue weighted by molar-refractivity contribution is -0.0498. The highest BCUT2D eigenvalue weighted by Gasteiger charge is 2.37. The number of carbonyl (C=O) groups excluding carboxylic acids is 2. The first-order valence-electron chi connectivity index (χ1n) is 11.9. The van der Waals surface area contributed by atoms with Crippen LogP contribution in [0.5, 0.6) is 5.75 Å². The predicted molar refractivity (Wildman–Crippen MR) is 135 cm³/mol. The van der Waals surface area contributed by atoms with Crippen molar-refractivity contribution < 1.29 is 27.8 Å². The average Bonchev–Trinajstić information content (AvgIpc) is 2.79. The van der Waals surface area contributed by atoms with Crippen LogP contribution >= 0.6 is 11.8 Å². The molecule has 0 bridgehead atoms. The van der Waals surface area contributed by atoms with Gasteiger partial charge in [0.05, 0.1) is 10.9 Å². The molecule has 0 radical (unpaired) electrons. The van der Waals surface area contributed by atoms with E-state index in [1.807, 2.05) is 17.0 Å².